The number of carbonyl (C=O) groups is 2. The molecule has 0 aliphatic rings. The van der Waals surface area contributed by atoms with E-state index in [1.807, 2.05) is 5.32 Å². The van der Waals surface area contributed by atoms with Crippen molar-refractivity contribution in [2.45, 2.75) is 26.1 Å². The van der Waals surface area contributed by atoms with E-state index in [2.05, 4.69) is 15.6 Å². The number of aromatic nitrogens is 1. The first-order valence-corrected chi connectivity index (χ1v) is 6.26. The molecule has 0 spiro atoms. The molecule has 1 rings (SSSR count). The van der Waals surface area contributed by atoms with Crippen LogP contribution in [0, 0.1) is 0 Å². The average Bonchev–Trinajstić information content (AvgIpc) is 2.38. The number of pyridine rings is 1. The maximum atomic E-state index is 12.6. The summed E-state index contributed by atoms with van der Waals surface area (Å²) < 4.78 is 37.9. The number of anilines is 2. The number of nitrogens with one attached hydrogen (secondary N) is 3. The molecule has 22 heavy (non-hydrogen) atoms. The third-order valence-corrected chi connectivity index (χ3v) is 2.55. The highest BCUT2D eigenvalue weighted by molar-refractivity contribution is 5.98. The van der Waals surface area contributed by atoms with Gasteiger partial charge < -0.3 is 21.1 Å². The molecule has 0 aliphatic carbocycles. The standard InChI is InChI=1S/C12H15F3N4O3/c1-3-16-7-4-9(12(13,14)15)17-5-8(7)19-10(20)6(2)18-11(21)22/h4-6,18H,3H2,1-2H3,(H,16,17)(H,19,20)(H,21,22). The molecule has 0 saturated heterocycles. The van der Waals surface area contributed by atoms with Crippen LogP contribution >= 0.6 is 0 Å². The molecular formula is C12H15F3N4O3. The molecule has 4 N–H and O–H groups in total. The van der Waals surface area contributed by atoms with Crippen molar-refractivity contribution in [1.29, 1.82) is 0 Å². The van der Waals surface area contributed by atoms with E-state index < -0.39 is 29.9 Å². The predicted molar refractivity (Wildman–Crippen MR) is 72.7 cm³/mol. The number of hydrogen-bond acceptors (Lipinski definition) is 4. The summed E-state index contributed by atoms with van der Waals surface area (Å²) in [5.74, 6) is -0.719. The van der Waals surface area contributed by atoms with Crippen LogP contribution in [-0.4, -0.2) is 34.7 Å². The number of hydrogen-bond donors (Lipinski definition) is 4. The van der Waals surface area contributed by atoms with E-state index in [1.54, 1.807) is 6.92 Å². The Balaban J connectivity index is 2.99. The molecule has 1 unspecified atom stereocenters. The molecule has 0 aromatic carbocycles. The molecule has 1 atom stereocenters. The minimum atomic E-state index is -4.61. The van der Waals surface area contributed by atoms with Crippen molar-refractivity contribution in [1.82, 2.24) is 10.3 Å². The summed E-state index contributed by atoms with van der Waals surface area (Å²) >= 11 is 0. The lowest BCUT2D eigenvalue weighted by atomic mass is 10.2. The summed E-state index contributed by atoms with van der Waals surface area (Å²) in [6.45, 7) is 3.30. The smallest absolute Gasteiger partial charge is 0.433 e. The first-order valence-electron chi connectivity index (χ1n) is 6.26. The lowest BCUT2D eigenvalue weighted by Gasteiger charge is -2.16. The Kier molecular flexibility index (Phi) is 5.55. The van der Waals surface area contributed by atoms with Gasteiger partial charge in [0.25, 0.3) is 0 Å². The van der Waals surface area contributed by atoms with Crippen molar-refractivity contribution >= 4 is 23.4 Å². The van der Waals surface area contributed by atoms with E-state index in [4.69, 9.17) is 5.11 Å². The van der Waals surface area contributed by atoms with Crippen molar-refractivity contribution in [3.8, 4) is 0 Å². The fourth-order valence-electron chi connectivity index (χ4n) is 1.54. The van der Waals surface area contributed by atoms with Gasteiger partial charge in [0.15, 0.2) is 0 Å². The normalized spacial score (nSPS) is 12.4. The minimum absolute atomic E-state index is 0.0267. The van der Waals surface area contributed by atoms with Crippen LogP contribution in [0.1, 0.15) is 19.5 Å². The highest BCUT2D eigenvalue weighted by Gasteiger charge is 2.33. The Morgan fingerprint density at radius 3 is 2.50 bits per heavy atom. The molecule has 0 saturated carbocycles. The molecule has 7 nitrogen and oxygen atoms in total. The summed E-state index contributed by atoms with van der Waals surface area (Å²) in [5, 5.41) is 15.5. The van der Waals surface area contributed by atoms with Gasteiger partial charge >= 0.3 is 12.3 Å². The van der Waals surface area contributed by atoms with Crippen LogP contribution in [-0.2, 0) is 11.0 Å². The number of nitrogens with zero attached hydrogens (tertiary/aromatic N) is 1. The van der Waals surface area contributed by atoms with E-state index in [9.17, 15) is 22.8 Å². The molecule has 122 valence electrons. The van der Waals surface area contributed by atoms with Gasteiger partial charge in [0, 0.05) is 6.54 Å². The van der Waals surface area contributed by atoms with Crippen molar-refractivity contribution in [3.05, 3.63) is 18.0 Å². The predicted octanol–water partition coefficient (Wildman–Crippen LogP) is 2.13. The lowest BCUT2D eigenvalue weighted by molar-refractivity contribution is -0.141. The quantitative estimate of drug-likeness (QED) is 0.665. The van der Waals surface area contributed by atoms with E-state index in [1.165, 1.54) is 6.92 Å². The maximum Gasteiger partial charge on any atom is 0.433 e. The van der Waals surface area contributed by atoms with E-state index >= 15 is 0 Å². The summed E-state index contributed by atoms with van der Waals surface area (Å²) in [6, 6.07) is -0.303. The zero-order valence-corrected chi connectivity index (χ0v) is 11.8. The average molecular weight is 320 g/mol. The van der Waals surface area contributed by atoms with E-state index in [0.717, 1.165) is 12.3 Å². The maximum absolute atomic E-state index is 12.6. The molecule has 0 fully saturated rings. The van der Waals surface area contributed by atoms with Gasteiger partial charge in [-0.2, -0.15) is 13.2 Å². The van der Waals surface area contributed by atoms with Gasteiger partial charge in [-0.15, -0.1) is 0 Å². The Labute approximate surface area is 123 Å². The third-order valence-electron chi connectivity index (χ3n) is 2.55. The van der Waals surface area contributed by atoms with Gasteiger partial charge in [0.05, 0.1) is 17.6 Å². The second kappa shape index (κ2) is 6.96. The van der Waals surface area contributed by atoms with Crippen LogP contribution in [0.5, 0.6) is 0 Å². The van der Waals surface area contributed by atoms with Crippen molar-refractivity contribution in [3.63, 3.8) is 0 Å². The monoisotopic (exact) mass is 320 g/mol. The molecule has 0 radical (unpaired) electrons. The fourth-order valence-corrected chi connectivity index (χ4v) is 1.54. The number of halogens is 3. The number of carboxylic acid groups (broad SMARTS) is 1. The van der Waals surface area contributed by atoms with Crippen LogP contribution in [0.3, 0.4) is 0 Å². The van der Waals surface area contributed by atoms with Gasteiger partial charge in [-0.3, -0.25) is 4.79 Å². The molecule has 10 heteroatoms. The topological polar surface area (TPSA) is 103 Å². The fraction of sp³-hybridized carbons (Fsp3) is 0.417. The molecule has 1 heterocycles. The summed E-state index contributed by atoms with van der Waals surface area (Å²) in [7, 11) is 0. The van der Waals surface area contributed by atoms with Gasteiger partial charge in [-0.25, -0.2) is 9.78 Å². The molecule has 1 aromatic rings. The SMILES string of the molecule is CCNc1cc(C(F)(F)F)ncc1NC(=O)C(C)NC(=O)O. The number of carbonyl (C=O) groups excluding carboxylic acids is 1. The van der Waals surface area contributed by atoms with Gasteiger partial charge in [0.2, 0.25) is 5.91 Å². The van der Waals surface area contributed by atoms with Crippen LogP contribution in [0.25, 0.3) is 0 Å². The van der Waals surface area contributed by atoms with Gasteiger partial charge in [-0.05, 0) is 19.9 Å². The largest absolute Gasteiger partial charge is 0.465 e. The second-order valence-corrected chi connectivity index (χ2v) is 4.30. The minimum Gasteiger partial charge on any atom is -0.465 e. The molecular weight excluding hydrogens is 305 g/mol. The van der Waals surface area contributed by atoms with Gasteiger partial charge in [-0.1, -0.05) is 0 Å². The molecule has 0 bridgehead atoms. The Bertz CT molecular complexity index is 563. The number of alkyl halides is 3. The Hall–Kier alpha value is -2.52. The number of amides is 2. The summed E-state index contributed by atoms with van der Waals surface area (Å²) in [6.07, 6.45) is -5.13. The van der Waals surface area contributed by atoms with Crippen molar-refractivity contribution < 1.29 is 27.9 Å². The lowest BCUT2D eigenvalue weighted by Crippen LogP contribution is -2.40. The van der Waals surface area contributed by atoms with Crippen molar-refractivity contribution in [2.75, 3.05) is 17.2 Å². The third kappa shape index (κ3) is 4.79. The van der Waals surface area contributed by atoms with Crippen LogP contribution in [0.15, 0.2) is 12.3 Å². The van der Waals surface area contributed by atoms with Crippen LogP contribution in [0.4, 0.5) is 29.3 Å². The van der Waals surface area contributed by atoms with Gasteiger partial charge in [0.1, 0.15) is 11.7 Å². The Morgan fingerprint density at radius 1 is 1.36 bits per heavy atom. The first kappa shape index (κ1) is 17.5. The second-order valence-electron chi connectivity index (χ2n) is 4.30. The first-order chi connectivity index (χ1) is 10.1. The Morgan fingerprint density at radius 2 is 2.00 bits per heavy atom. The molecule has 2 amide bonds. The van der Waals surface area contributed by atoms with Crippen LogP contribution < -0.4 is 16.0 Å². The molecule has 0 aliphatic heterocycles. The summed E-state index contributed by atoms with van der Waals surface area (Å²) in [5.41, 5.74) is -1.03. The highest BCUT2D eigenvalue weighted by Crippen LogP contribution is 2.32. The highest BCUT2D eigenvalue weighted by atomic mass is 19.4. The van der Waals surface area contributed by atoms with E-state index in [0.29, 0.717) is 6.54 Å². The van der Waals surface area contributed by atoms with Crippen LogP contribution in [0.2, 0.25) is 0 Å². The number of rotatable bonds is 5. The van der Waals surface area contributed by atoms with E-state index in [-0.39, 0.29) is 11.4 Å². The zero-order chi connectivity index (χ0) is 16.9. The zero-order valence-electron chi connectivity index (χ0n) is 11.8. The summed E-state index contributed by atoms with van der Waals surface area (Å²) in [4.78, 5) is 25.5. The molecule has 1 aromatic heterocycles. The van der Waals surface area contributed by atoms with Crippen molar-refractivity contribution in [2.24, 2.45) is 0 Å².